The van der Waals surface area contributed by atoms with Crippen LogP contribution in [0.1, 0.15) is 25.8 Å². The molecule has 1 aliphatic heterocycles. The van der Waals surface area contributed by atoms with Crippen molar-refractivity contribution in [2.24, 2.45) is 11.8 Å². The maximum Gasteiger partial charge on any atom is 0.242 e. The Morgan fingerprint density at radius 3 is 2.58 bits per heavy atom. The van der Waals surface area contributed by atoms with Crippen molar-refractivity contribution in [2.75, 3.05) is 13.1 Å². The largest absolute Gasteiger partial charge is 0.341 e. The van der Waals surface area contributed by atoms with Gasteiger partial charge in [-0.05, 0) is 30.4 Å². The highest BCUT2D eigenvalue weighted by atomic mass is 16.2. The van der Waals surface area contributed by atoms with Gasteiger partial charge in [0.25, 0.3) is 0 Å². The van der Waals surface area contributed by atoms with Crippen LogP contribution in [0.4, 0.5) is 0 Å². The third-order valence-electron chi connectivity index (χ3n) is 4.64. The summed E-state index contributed by atoms with van der Waals surface area (Å²) < 4.78 is 1.72. The zero-order valence-electron chi connectivity index (χ0n) is 14.0. The van der Waals surface area contributed by atoms with Crippen molar-refractivity contribution in [2.45, 2.75) is 26.8 Å². The number of pyridine rings is 1. The molecule has 1 saturated heterocycles. The molecule has 1 aromatic carbocycles. The van der Waals surface area contributed by atoms with E-state index < -0.39 is 0 Å². The Kier molecular flexibility index (Phi) is 4.39. The summed E-state index contributed by atoms with van der Waals surface area (Å²) >= 11 is 0. The molecule has 0 aliphatic carbocycles. The van der Waals surface area contributed by atoms with Crippen LogP contribution in [0, 0.1) is 23.2 Å². The number of fused-ring (bicyclic) bond motifs is 1. The predicted molar refractivity (Wildman–Crippen MR) is 92.4 cm³/mol. The Hall–Kier alpha value is -2.61. The number of para-hydroxylation sites is 1. The highest BCUT2D eigenvalue weighted by molar-refractivity contribution is 5.83. The topological polar surface area (TPSA) is 66.1 Å². The Balaban J connectivity index is 1.95. The second kappa shape index (κ2) is 6.48. The van der Waals surface area contributed by atoms with Crippen LogP contribution in [0.5, 0.6) is 0 Å². The number of rotatable bonds is 2. The third-order valence-corrected chi connectivity index (χ3v) is 4.64. The van der Waals surface area contributed by atoms with E-state index in [0.29, 0.717) is 22.7 Å². The van der Waals surface area contributed by atoms with Gasteiger partial charge >= 0.3 is 0 Å². The van der Waals surface area contributed by atoms with Gasteiger partial charge in [0, 0.05) is 24.7 Å². The lowest BCUT2D eigenvalue weighted by molar-refractivity contribution is -0.134. The van der Waals surface area contributed by atoms with Crippen LogP contribution in [-0.2, 0) is 11.3 Å². The fourth-order valence-corrected chi connectivity index (χ4v) is 3.67. The first kappa shape index (κ1) is 16.3. The molecular formula is C19H21N3O2. The van der Waals surface area contributed by atoms with E-state index in [9.17, 15) is 14.9 Å². The van der Waals surface area contributed by atoms with Crippen LogP contribution in [-0.4, -0.2) is 28.5 Å². The molecule has 24 heavy (non-hydrogen) atoms. The van der Waals surface area contributed by atoms with Crippen LogP contribution in [0.15, 0.2) is 35.3 Å². The number of nitriles is 1. The number of hydrogen-bond donors (Lipinski definition) is 0. The quantitative estimate of drug-likeness (QED) is 0.852. The molecule has 3 rings (SSSR count). The van der Waals surface area contributed by atoms with Gasteiger partial charge in [0.05, 0.1) is 5.52 Å². The Bertz CT molecular complexity index is 868. The number of carbonyl (C=O) groups is 1. The van der Waals surface area contributed by atoms with E-state index in [0.717, 1.165) is 19.5 Å². The average Bonchev–Trinajstić information content (AvgIpc) is 2.56. The molecule has 1 amide bonds. The van der Waals surface area contributed by atoms with Gasteiger partial charge in [-0.3, -0.25) is 9.59 Å². The average molecular weight is 323 g/mol. The third kappa shape index (κ3) is 3.05. The standard InChI is InChI=1S/C19H21N3O2/c1-13-7-14(2)10-22(9-13)18(23)12-21-11-15(8-20)19(24)16-5-3-4-6-17(16)21/h3-6,11,13-14H,7,9-10,12H2,1-2H3/t13-,14-/m0/s1. The van der Waals surface area contributed by atoms with E-state index in [-0.39, 0.29) is 23.4 Å². The summed E-state index contributed by atoms with van der Waals surface area (Å²) in [6.45, 7) is 6.02. The maximum absolute atomic E-state index is 12.7. The second-order valence-electron chi connectivity index (χ2n) is 6.87. The summed E-state index contributed by atoms with van der Waals surface area (Å²) in [5, 5.41) is 9.67. The van der Waals surface area contributed by atoms with Gasteiger partial charge in [-0.1, -0.05) is 26.0 Å². The lowest BCUT2D eigenvalue weighted by atomic mass is 9.92. The SMILES string of the molecule is C[C@H]1C[C@H](C)CN(C(=O)Cn2cc(C#N)c(=O)c3ccccc32)C1. The number of nitrogens with zero attached hydrogens (tertiary/aromatic N) is 3. The monoisotopic (exact) mass is 323 g/mol. The first-order chi connectivity index (χ1) is 11.5. The first-order valence-electron chi connectivity index (χ1n) is 8.29. The fourth-order valence-electron chi connectivity index (χ4n) is 3.67. The van der Waals surface area contributed by atoms with Crippen molar-refractivity contribution < 1.29 is 4.79 Å². The Labute approximate surface area is 141 Å². The van der Waals surface area contributed by atoms with E-state index in [1.165, 1.54) is 6.20 Å². The molecule has 0 bridgehead atoms. The van der Waals surface area contributed by atoms with E-state index >= 15 is 0 Å². The van der Waals surface area contributed by atoms with Crippen LogP contribution in [0.3, 0.4) is 0 Å². The summed E-state index contributed by atoms with van der Waals surface area (Å²) in [4.78, 5) is 26.9. The molecule has 1 aromatic heterocycles. The van der Waals surface area contributed by atoms with E-state index in [4.69, 9.17) is 0 Å². The second-order valence-corrected chi connectivity index (χ2v) is 6.87. The molecule has 1 aliphatic rings. The molecular weight excluding hydrogens is 302 g/mol. The molecule has 124 valence electrons. The lowest BCUT2D eigenvalue weighted by Gasteiger charge is -2.35. The molecule has 5 heteroatoms. The Morgan fingerprint density at radius 1 is 1.25 bits per heavy atom. The maximum atomic E-state index is 12.7. The van der Waals surface area contributed by atoms with Crippen LogP contribution in [0.25, 0.3) is 10.9 Å². The molecule has 0 radical (unpaired) electrons. The predicted octanol–water partition coefficient (Wildman–Crippen LogP) is 2.38. The van der Waals surface area contributed by atoms with Crippen molar-refractivity contribution in [3.63, 3.8) is 0 Å². The molecule has 0 N–H and O–H groups in total. The van der Waals surface area contributed by atoms with E-state index in [1.807, 2.05) is 23.1 Å². The molecule has 0 unspecified atom stereocenters. The number of piperidine rings is 1. The smallest absolute Gasteiger partial charge is 0.242 e. The van der Waals surface area contributed by atoms with Gasteiger partial charge in [-0.2, -0.15) is 5.26 Å². The van der Waals surface area contributed by atoms with Gasteiger partial charge in [0.1, 0.15) is 18.2 Å². The summed E-state index contributed by atoms with van der Waals surface area (Å²) in [6, 6.07) is 9.05. The first-order valence-corrected chi connectivity index (χ1v) is 8.29. The minimum atomic E-state index is -0.281. The van der Waals surface area contributed by atoms with Gasteiger partial charge in [0.15, 0.2) is 0 Å². The highest BCUT2D eigenvalue weighted by Crippen LogP contribution is 2.21. The number of aromatic nitrogens is 1. The van der Waals surface area contributed by atoms with Crippen LogP contribution in [0.2, 0.25) is 0 Å². The van der Waals surface area contributed by atoms with Crippen LogP contribution >= 0.6 is 0 Å². The van der Waals surface area contributed by atoms with Gasteiger partial charge in [-0.25, -0.2) is 0 Å². The number of carbonyl (C=O) groups excluding carboxylic acids is 1. The van der Waals surface area contributed by atoms with Crippen molar-refractivity contribution in [1.82, 2.24) is 9.47 Å². The van der Waals surface area contributed by atoms with Crippen molar-refractivity contribution in [1.29, 1.82) is 5.26 Å². The van der Waals surface area contributed by atoms with Crippen molar-refractivity contribution in [3.05, 3.63) is 46.2 Å². The van der Waals surface area contributed by atoms with Crippen molar-refractivity contribution in [3.8, 4) is 6.07 Å². The lowest BCUT2D eigenvalue weighted by Crippen LogP contribution is -2.44. The summed E-state index contributed by atoms with van der Waals surface area (Å²) in [5.74, 6) is 1.03. The molecule has 2 aromatic rings. The number of amides is 1. The fraction of sp³-hybridized carbons (Fsp3) is 0.421. The summed E-state index contributed by atoms with van der Waals surface area (Å²) in [5.41, 5.74) is 0.479. The molecule has 2 atom stereocenters. The van der Waals surface area contributed by atoms with Crippen LogP contribution < -0.4 is 5.43 Å². The zero-order valence-corrected chi connectivity index (χ0v) is 14.0. The molecule has 5 nitrogen and oxygen atoms in total. The van der Waals surface area contributed by atoms with E-state index in [2.05, 4.69) is 13.8 Å². The minimum Gasteiger partial charge on any atom is -0.341 e. The highest BCUT2D eigenvalue weighted by Gasteiger charge is 2.25. The molecule has 2 heterocycles. The van der Waals surface area contributed by atoms with Gasteiger partial charge in [-0.15, -0.1) is 0 Å². The van der Waals surface area contributed by atoms with Crippen molar-refractivity contribution >= 4 is 16.8 Å². The molecule has 0 spiro atoms. The minimum absolute atomic E-state index is 0.0334. The normalized spacial score (nSPS) is 20.8. The molecule has 1 fully saturated rings. The van der Waals surface area contributed by atoms with Gasteiger partial charge < -0.3 is 9.47 Å². The Morgan fingerprint density at radius 2 is 1.92 bits per heavy atom. The number of likely N-dealkylation sites (tertiary alicyclic amines) is 1. The van der Waals surface area contributed by atoms with E-state index in [1.54, 1.807) is 16.7 Å². The summed E-state index contributed by atoms with van der Waals surface area (Å²) in [7, 11) is 0. The summed E-state index contributed by atoms with van der Waals surface area (Å²) in [6.07, 6.45) is 2.64. The zero-order chi connectivity index (χ0) is 17.3. The number of benzene rings is 1. The van der Waals surface area contributed by atoms with Gasteiger partial charge in [0.2, 0.25) is 11.3 Å². The number of hydrogen-bond acceptors (Lipinski definition) is 3. The molecule has 0 saturated carbocycles.